The molecule has 2 heterocycles. The smallest absolute Gasteiger partial charge is 0.243 e. The van der Waals surface area contributed by atoms with Gasteiger partial charge in [-0.1, -0.05) is 39.7 Å². The summed E-state index contributed by atoms with van der Waals surface area (Å²) in [5, 5.41) is 5.71. The molecular weight excluding hydrogens is 522 g/mol. The number of amides is 1. The monoisotopic (exact) mass is 539 g/mol. The average Bonchev–Trinajstić information content (AvgIpc) is 3.23. The number of carbonyl (C=O) groups is 1. The summed E-state index contributed by atoms with van der Waals surface area (Å²) < 4.78 is 28.2. The van der Waals surface area contributed by atoms with E-state index in [0.717, 1.165) is 15.7 Å². The topological polar surface area (TPSA) is 79.4 Å². The molecule has 1 N–H and O–H groups in total. The highest BCUT2D eigenvalue weighted by molar-refractivity contribution is 9.10. The van der Waals surface area contributed by atoms with Crippen molar-refractivity contribution in [1.82, 2.24) is 9.29 Å². The third-order valence-corrected chi connectivity index (χ3v) is 8.50. The summed E-state index contributed by atoms with van der Waals surface area (Å²) in [5.41, 5.74) is 1.74. The molecule has 1 aliphatic heterocycles. The van der Waals surface area contributed by atoms with Crippen molar-refractivity contribution in [3.8, 4) is 11.3 Å². The molecule has 0 radical (unpaired) electrons. The number of hydrogen-bond acceptors (Lipinski definition) is 5. The molecule has 1 aliphatic rings. The van der Waals surface area contributed by atoms with Gasteiger partial charge in [0.2, 0.25) is 15.9 Å². The minimum absolute atomic E-state index is 0.141. The van der Waals surface area contributed by atoms with Gasteiger partial charge in [0.1, 0.15) is 0 Å². The highest BCUT2D eigenvalue weighted by Gasteiger charge is 2.33. The fourth-order valence-electron chi connectivity index (χ4n) is 3.42. The van der Waals surface area contributed by atoms with Crippen LogP contribution < -0.4 is 5.32 Å². The number of aromatic nitrogens is 1. The minimum atomic E-state index is -3.68. The molecule has 1 aromatic heterocycles. The maximum absolute atomic E-state index is 12.9. The van der Waals surface area contributed by atoms with E-state index in [4.69, 9.17) is 11.6 Å². The van der Waals surface area contributed by atoms with Gasteiger partial charge in [0.05, 0.1) is 16.5 Å². The lowest BCUT2D eigenvalue weighted by Crippen LogP contribution is -2.43. The molecule has 0 spiro atoms. The van der Waals surface area contributed by atoms with Crippen LogP contribution in [0.5, 0.6) is 0 Å². The lowest BCUT2D eigenvalue weighted by Gasteiger charge is -2.31. The number of rotatable bonds is 5. The quantitative estimate of drug-likeness (QED) is 0.478. The first-order chi connectivity index (χ1) is 14.8. The first kappa shape index (κ1) is 22.4. The standard InChI is InChI=1S/C21H19BrClN3O3S2/c22-16-5-3-14(4-6-16)19-13-30-21(24-19)25-20(27)15-2-1-11-26(12-15)31(28,29)18-9-7-17(23)8-10-18/h3-10,13,15H,1-2,11-12H2,(H,24,25,27). The van der Waals surface area contributed by atoms with Crippen LogP contribution in [0.25, 0.3) is 11.3 Å². The van der Waals surface area contributed by atoms with Gasteiger partial charge in [0.25, 0.3) is 0 Å². The molecule has 1 atom stereocenters. The number of nitrogens with one attached hydrogen (secondary N) is 1. The zero-order chi connectivity index (χ0) is 22.0. The molecule has 6 nitrogen and oxygen atoms in total. The van der Waals surface area contributed by atoms with Crippen LogP contribution >= 0.6 is 38.9 Å². The zero-order valence-electron chi connectivity index (χ0n) is 16.3. The summed E-state index contributed by atoms with van der Waals surface area (Å²) in [6.07, 6.45) is 1.25. The molecule has 1 saturated heterocycles. The molecule has 0 bridgehead atoms. The van der Waals surface area contributed by atoms with Crippen molar-refractivity contribution in [1.29, 1.82) is 0 Å². The van der Waals surface area contributed by atoms with Crippen molar-refractivity contribution in [2.24, 2.45) is 5.92 Å². The second kappa shape index (κ2) is 9.38. The van der Waals surface area contributed by atoms with E-state index in [9.17, 15) is 13.2 Å². The van der Waals surface area contributed by atoms with Crippen LogP contribution in [0.2, 0.25) is 5.02 Å². The molecule has 10 heteroatoms. The van der Waals surface area contributed by atoms with Crippen LogP contribution in [-0.4, -0.2) is 36.7 Å². The maximum atomic E-state index is 12.9. The molecule has 2 aromatic carbocycles. The van der Waals surface area contributed by atoms with Gasteiger partial charge >= 0.3 is 0 Å². The number of anilines is 1. The Morgan fingerprint density at radius 3 is 2.58 bits per heavy atom. The SMILES string of the molecule is O=C(Nc1nc(-c2ccc(Br)cc2)cs1)C1CCCN(S(=O)(=O)c2ccc(Cl)cc2)C1. The fraction of sp³-hybridized carbons (Fsp3) is 0.238. The third kappa shape index (κ3) is 5.18. The Morgan fingerprint density at radius 2 is 1.87 bits per heavy atom. The van der Waals surface area contributed by atoms with E-state index >= 15 is 0 Å². The third-order valence-electron chi connectivity index (χ3n) is 5.08. The number of benzene rings is 2. The van der Waals surface area contributed by atoms with Crippen molar-refractivity contribution in [3.63, 3.8) is 0 Å². The van der Waals surface area contributed by atoms with Crippen molar-refractivity contribution in [2.75, 3.05) is 18.4 Å². The predicted molar refractivity (Wildman–Crippen MR) is 127 cm³/mol. The Hall–Kier alpha value is -1.78. The lowest BCUT2D eigenvalue weighted by atomic mass is 9.99. The van der Waals surface area contributed by atoms with E-state index in [1.165, 1.54) is 27.8 Å². The van der Waals surface area contributed by atoms with Crippen LogP contribution in [0.3, 0.4) is 0 Å². The number of sulfonamides is 1. The number of piperidine rings is 1. The van der Waals surface area contributed by atoms with E-state index in [1.807, 2.05) is 29.6 Å². The Balaban J connectivity index is 1.43. The number of nitrogens with zero attached hydrogens (tertiary/aromatic N) is 2. The van der Waals surface area contributed by atoms with E-state index in [1.54, 1.807) is 12.1 Å². The summed E-state index contributed by atoms with van der Waals surface area (Å²) in [4.78, 5) is 17.5. The summed E-state index contributed by atoms with van der Waals surface area (Å²) >= 11 is 10.6. The van der Waals surface area contributed by atoms with Crippen molar-refractivity contribution < 1.29 is 13.2 Å². The van der Waals surface area contributed by atoms with Crippen LogP contribution in [-0.2, 0) is 14.8 Å². The fourth-order valence-corrected chi connectivity index (χ4v) is 6.06. The normalized spacial score (nSPS) is 17.4. The Labute approximate surface area is 198 Å². The molecule has 4 rings (SSSR count). The van der Waals surface area contributed by atoms with Crippen LogP contribution in [0.4, 0.5) is 5.13 Å². The molecule has 0 aliphatic carbocycles. The van der Waals surface area contributed by atoms with Gasteiger partial charge in [0.15, 0.2) is 5.13 Å². The molecule has 162 valence electrons. The van der Waals surface area contributed by atoms with Gasteiger partial charge in [0, 0.05) is 33.5 Å². The largest absolute Gasteiger partial charge is 0.302 e. The van der Waals surface area contributed by atoms with E-state index in [-0.39, 0.29) is 17.3 Å². The first-order valence-corrected chi connectivity index (χ1v) is 13.1. The lowest BCUT2D eigenvalue weighted by molar-refractivity contribution is -0.120. The minimum Gasteiger partial charge on any atom is -0.302 e. The van der Waals surface area contributed by atoms with Gasteiger partial charge in [-0.3, -0.25) is 4.79 Å². The molecule has 31 heavy (non-hydrogen) atoms. The van der Waals surface area contributed by atoms with E-state index in [0.29, 0.717) is 29.5 Å². The molecule has 0 saturated carbocycles. The van der Waals surface area contributed by atoms with Gasteiger partial charge < -0.3 is 5.32 Å². The Morgan fingerprint density at radius 1 is 1.16 bits per heavy atom. The van der Waals surface area contributed by atoms with Crippen LogP contribution in [0.1, 0.15) is 12.8 Å². The second-order valence-corrected chi connectivity index (χ2v) is 11.3. The molecule has 1 fully saturated rings. The highest BCUT2D eigenvalue weighted by Crippen LogP contribution is 2.28. The van der Waals surface area contributed by atoms with Gasteiger partial charge in [-0.2, -0.15) is 4.31 Å². The van der Waals surface area contributed by atoms with Gasteiger partial charge in [-0.25, -0.2) is 13.4 Å². The van der Waals surface area contributed by atoms with Crippen molar-refractivity contribution in [3.05, 3.63) is 63.4 Å². The van der Waals surface area contributed by atoms with Crippen LogP contribution in [0, 0.1) is 5.92 Å². The number of hydrogen-bond donors (Lipinski definition) is 1. The number of halogens is 2. The van der Waals surface area contributed by atoms with Crippen molar-refractivity contribution >= 4 is 59.9 Å². The van der Waals surface area contributed by atoms with E-state index < -0.39 is 15.9 Å². The summed E-state index contributed by atoms with van der Waals surface area (Å²) in [6, 6.07) is 13.8. The first-order valence-electron chi connectivity index (χ1n) is 9.61. The number of carbonyl (C=O) groups excluding carboxylic acids is 1. The number of thiazole rings is 1. The highest BCUT2D eigenvalue weighted by atomic mass is 79.9. The van der Waals surface area contributed by atoms with Gasteiger partial charge in [-0.15, -0.1) is 11.3 Å². The van der Waals surface area contributed by atoms with E-state index in [2.05, 4.69) is 26.2 Å². The van der Waals surface area contributed by atoms with Crippen molar-refractivity contribution in [2.45, 2.75) is 17.7 Å². The van der Waals surface area contributed by atoms with Gasteiger partial charge in [-0.05, 0) is 49.2 Å². The Bertz CT molecular complexity index is 1180. The molecular formula is C21H19BrClN3O3S2. The summed E-state index contributed by atoms with van der Waals surface area (Å²) in [5.74, 6) is -0.649. The zero-order valence-corrected chi connectivity index (χ0v) is 20.3. The predicted octanol–water partition coefficient (Wildman–Crippen LogP) is 5.27. The summed E-state index contributed by atoms with van der Waals surface area (Å²) in [7, 11) is -3.68. The summed E-state index contributed by atoms with van der Waals surface area (Å²) in [6.45, 7) is 0.529. The Kier molecular flexibility index (Phi) is 6.78. The maximum Gasteiger partial charge on any atom is 0.243 e. The molecule has 1 amide bonds. The van der Waals surface area contributed by atoms with Crippen LogP contribution in [0.15, 0.2) is 63.3 Å². The molecule has 3 aromatic rings. The average molecular weight is 541 g/mol. The second-order valence-electron chi connectivity index (χ2n) is 7.19. The molecule has 1 unspecified atom stereocenters.